The second-order valence-electron chi connectivity index (χ2n) is 4.61. The average Bonchev–Trinajstić information content (AvgIpc) is 2.81. The van der Waals surface area contributed by atoms with Crippen molar-refractivity contribution in [3.05, 3.63) is 16.1 Å². The van der Waals surface area contributed by atoms with E-state index in [1.807, 2.05) is 0 Å². The Kier molecular flexibility index (Phi) is 6.79. The van der Waals surface area contributed by atoms with Crippen molar-refractivity contribution in [1.82, 2.24) is 10.3 Å². The van der Waals surface area contributed by atoms with Gasteiger partial charge >= 0.3 is 6.18 Å². The van der Waals surface area contributed by atoms with Crippen LogP contribution in [0.2, 0.25) is 0 Å². The molecule has 1 unspecified atom stereocenters. The normalized spacial score (nSPS) is 13.7. The smallest absolute Gasteiger partial charge is 0.314 e. The minimum atomic E-state index is -4.31. The maximum absolute atomic E-state index is 12.4. The number of alkyl halides is 3. The van der Waals surface area contributed by atoms with Crippen molar-refractivity contribution in [1.29, 1.82) is 0 Å². The molecule has 0 saturated heterocycles. The van der Waals surface area contributed by atoms with E-state index in [0.29, 0.717) is 17.3 Å². The first-order valence-electron chi connectivity index (χ1n) is 6.72. The lowest BCUT2D eigenvalue weighted by atomic mass is 10.1. The van der Waals surface area contributed by atoms with E-state index in [2.05, 4.69) is 24.1 Å². The predicted octanol–water partition coefficient (Wildman–Crippen LogP) is 4.26. The molecule has 0 aliphatic rings. The summed E-state index contributed by atoms with van der Waals surface area (Å²) in [5, 5.41) is 2.70. The molecule has 0 spiro atoms. The van der Waals surface area contributed by atoms with E-state index in [1.165, 1.54) is 6.20 Å². The van der Waals surface area contributed by atoms with Crippen LogP contribution in [0.4, 0.5) is 13.2 Å². The average molecular weight is 294 g/mol. The van der Waals surface area contributed by atoms with Gasteiger partial charge in [0.25, 0.3) is 0 Å². The van der Waals surface area contributed by atoms with Crippen LogP contribution in [0.1, 0.15) is 49.4 Å². The third-order valence-electron chi connectivity index (χ3n) is 2.86. The van der Waals surface area contributed by atoms with E-state index in [1.54, 1.807) is 0 Å². The second-order valence-corrected chi connectivity index (χ2v) is 5.72. The fraction of sp³-hybridized carbons (Fsp3) is 0.769. The highest BCUT2D eigenvalue weighted by Crippen LogP contribution is 2.32. The standard InChI is InChI=1S/C13H21F3N2S/c1-3-5-10(17-8-4-2)6-7-11-9-18-12(19-11)13(14,15)16/h9-10,17H,3-8H2,1-2H3. The first-order chi connectivity index (χ1) is 8.97. The van der Waals surface area contributed by atoms with Gasteiger partial charge in [-0.3, -0.25) is 0 Å². The zero-order valence-corrected chi connectivity index (χ0v) is 12.2. The number of halogens is 3. The summed E-state index contributed by atoms with van der Waals surface area (Å²) < 4.78 is 37.3. The van der Waals surface area contributed by atoms with Gasteiger partial charge in [0.1, 0.15) is 0 Å². The molecule has 110 valence electrons. The summed E-state index contributed by atoms with van der Waals surface area (Å²) in [6.45, 7) is 5.19. The van der Waals surface area contributed by atoms with Gasteiger partial charge in [-0.1, -0.05) is 20.3 Å². The van der Waals surface area contributed by atoms with Crippen LogP contribution < -0.4 is 5.32 Å². The molecule has 1 heterocycles. The highest BCUT2D eigenvalue weighted by Gasteiger charge is 2.34. The number of aryl methyl sites for hydroxylation is 1. The number of rotatable bonds is 8. The molecule has 0 aliphatic heterocycles. The van der Waals surface area contributed by atoms with Gasteiger partial charge in [0, 0.05) is 17.1 Å². The van der Waals surface area contributed by atoms with Gasteiger partial charge in [-0.25, -0.2) is 4.98 Å². The molecule has 1 N–H and O–H groups in total. The lowest BCUT2D eigenvalue weighted by molar-refractivity contribution is -0.137. The summed E-state index contributed by atoms with van der Waals surface area (Å²) in [7, 11) is 0. The number of nitrogens with zero attached hydrogens (tertiary/aromatic N) is 1. The fourth-order valence-corrected chi connectivity index (χ4v) is 2.71. The Morgan fingerprint density at radius 2 is 2.00 bits per heavy atom. The van der Waals surface area contributed by atoms with Crippen LogP contribution in [0.5, 0.6) is 0 Å². The molecule has 1 atom stereocenters. The minimum Gasteiger partial charge on any atom is -0.314 e. The van der Waals surface area contributed by atoms with Crippen LogP contribution in [-0.2, 0) is 12.6 Å². The maximum Gasteiger partial charge on any atom is 0.443 e. The van der Waals surface area contributed by atoms with E-state index < -0.39 is 11.2 Å². The Labute approximate surface area is 116 Å². The second kappa shape index (κ2) is 7.85. The molecule has 0 saturated carbocycles. The van der Waals surface area contributed by atoms with Gasteiger partial charge in [0.05, 0.1) is 0 Å². The summed E-state index contributed by atoms with van der Waals surface area (Å²) in [5.41, 5.74) is 0. The molecular formula is C13H21F3N2S. The molecule has 0 aromatic carbocycles. The first kappa shape index (κ1) is 16.4. The van der Waals surface area contributed by atoms with E-state index in [-0.39, 0.29) is 0 Å². The Morgan fingerprint density at radius 3 is 2.53 bits per heavy atom. The van der Waals surface area contributed by atoms with E-state index in [9.17, 15) is 13.2 Å². The van der Waals surface area contributed by atoms with E-state index in [0.717, 1.165) is 43.6 Å². The molecule has 0 radical (unpaired) electrons. The Morgan fingerprint density at radius 1 is 1.26 bits per heavy atom. The monoisotopic (exact) mass is 294 g/mol. The molecule has 1 aromatic rings. The van der Waals surface area contributed by atoms with Crippen molar-refractivity contribution >= 4 is 11.3 Å². The van der Waals surface area contributed by atoms with Crippen molar-refractivity contribution in [2.75, 3.05) is 6.54 Å². The van der Waals surface area contributed by atoms with Gasteiger partial charge in [-0.15, -0.1) is 11.3 Å². The highest BCUT2D eigenvalue weighted by molar-refractivity contribution is 7.11. The third kappa shape index (κ3) is 5.91. The Balaban J connectivity index is 2.47. The third-order valence-corrected chi connectivity index (χ3v) is 3.96. The Hall–Kier alpha value is -0.620. The molecule has 6 heteroatoms. The predicted molar refractivity (Wildman–Crippen MR) is 72.4 cm³/mol. The van der Waals surface area contributed by atoms with Crippen LogP contribution >= 0.6 is 11.3 Å². The highest BCUT2D eigenvalue weighted by atomic mass is 32.1. The van der Waals surface area contributed by atoms with Crippen molar-refractivity contribution in [2.24, 2.45) is 0 Å². The van der Waals surface area contributed by atoms with Crippen LogP contribution in [0, 0.1) is 0 Å². The first-order valence-corrected chi connectivity index (χ1v) is 7.54. The van der Waals surface area contributed by atoms with Gasteiger partial charge in [0.2, 0.25) is 0 Å². The van der Waals surface area contributed by atoms with Gasteiger partial charge in [-0.2, -0.15) is 13.2 Å². The largest absolute Gasteiger partial charge is 0.443 e. The van der Waals surface area contributed by atoms with Crippen molar-refractivity contribution in [3.63, 3.8) is 0 Å². The number of nitrogens with one attached hydrogen (secondary N) is 1. The van der Waals surface area contributed by atoms with Crippen LogP contribution in [0.15, 0.2) is 6.20 Å². The minimum absolute atomic E-state index is 0.390. The maximum atomic E-state index is 12.4. The number of thiazole rings is 1. The van der Waals surface area contributed by atoms with Gasteiger partial charge in [0.15, 0.2) is 5.01 Å². The molecule has 2 nitrogen and oxygen atoms in total. The molecule has 0 bridgehead atoms. The summed E-state index contributed by atoms with van der Waals surface area (Å²) in [4.78, 5) is 4.16. The van der Waals surface area contributed by atoms with E-state index in [4.69, 9.17) is 0 Å². The Bertz CT molecular complexity index is 363. The van der Waals surface area contributed by atoms with Crippen molar-refractivity contribution < 1.29 is 13.2 Å². The molecule has 19 heavy (non-hydrogen) atoms. The lowest BCUT2D eigenvalue weighted by Crippen LogP contribution is -2.30. The summed E-state index contributed by atoms with van der Waals surface area (Å²) in [5.74, 6) is 0. The quantitative estimate of drug-likeness (QED) is 0.774. The topological polar surface area (TPSA) is 24.9 Å². The summed E-state index contributed by atoms with van der Waals surface area (Å²) in [6, 6.07) is 0.390. The molecule has 1 aromatic heterocycles. The SMILES string of the molecule is CCCNC(CCC)CCc1cnc(C(F)(F)F)s1. The molecule has 0 amide bonds. The van der Waals surface area contributed by atoms with Crippen LogP contribution in [0.3, 0.4) is 0 Å². The molecule has 1 rings (SSSR count). The summed E-state index contributed by atoms with van der Waals surface area (Å²) in [6.07, 6.45) is 1.78. The van der Waals surface area contributed by atoms with Gasteiger partial charge < -0.3 is 5.32 Å². The van der Waals surface area contributed by atoms with Crippen LogP contribution in [0.25, 0.3) is 0 Å². The number of aromatic nitrogens is 1. The number of hydrogen-bond donors (Lipinski definition) is 1. The zero-order valence-electron chi connectivity index (χ0n) is 11.4. The van der Waals surface area contributed by atoms with Crippen molar-refractivity contribution in [3.8, 4) is 0 Å². The zero-order chi connectivity index (χ0) is 14.3. The van der Waals surface area contributed by atoms with Crippen LogP contribution in [-0.4, -0.2) is 17.6 Å². The molecule has 0 aliphatic carbocycles. The summed E-state index contributed by atoms with van der Waals surface area (Å²) >= 11 is 0.760. The van der Waals surface area contributed by atoms with Crippen molar-refractivity contribution in [2.45, 2.75) is 58.2 Å². The molecule has 0 fully saturated rings. The van der Waals surface area contributed by atoms with Gasteiger partial charge in [-0.05, 0) is 32.2 Å². The van der Waals surface area contributed by atoms with E-state index >= 15 is 0 Å². The lowest BCUT2D eigenvalue weighted by Gasteiger charge is -2.17. The molecular weight excluding hydrogens is 273 g/mol. The fourth-order valence-electron chi connectivity index (χ4n) is 1.92. The number of hydrogen-bond acceptors (Lipinski definition) is 3.